The molecule has 0 saturated heterocycles. The number of nitrogens with zero attached hydrogens (tertiary/aromatic N) is 1. The quantitative estimate of drug-likeness (QED) is 0.811. The summed E-state index contributed by atoms with van der Waals surface area (Å²) in [5.74, 6) is 1.00. The largest absolute Gasteiger partial charge is 0.441 e. The Bertz CT molecular complexity index is 595. The Morgan fingerprint density at radius 2 is 2.25 bits per heavy atom. The topological polar surface area (TPSA) is 38.1 Å². The molecule has 0 bridgehead atoms. The number of oxazole rings is 1. The van der Waals surface area contributed by atoms with Crippen LogP contribution in [0, 0.1) is 5.82 Å². The van der Waals surface area contributed by atoms with Gasteiger partial charge in [-0.3, -0.25) is 0 Å². The summed E-state index contributed by atoms with van der Waals surface area (Å²) >= 11 is 3.24. The van der Waals surface area contributed by atoms with Crippen LogP contribution in [0.1, 0.15) is 25.2 Å². The third-order valence-corrected chi connectivity index (χ3v) is 4.15. The first-order valence-corrected chi connectivity index (χ1v) is 7.66. The molecule has 1 aliphatic carbocycles. The van der Waals surface area contributed by atoms with Gasteiger partial charge in [-0.25, -0.2) is 9.37 Å². The van der Waals surface area contributed by atoms with Gasteiger partial charge in [-0.15, -0.1) is 0 Å². The molecule has 0 aliphatic heterocycles. The summed E-state index contributed by atoms with van der Waals surface area (Å²) in [5.41, 5.74) is 0.694. The molecule has 3 rings (SSSR count). The lowest BCUT2D eigenvalue weighted by Crippen LogP contribution is -2.17. The first-order valence-electron chi connectivity index (χ1n) is 6.86. The van der Waals surface area contributed by atoms with E-state index in [-0.39, 0.29) is 5.82 Å². The van der Waals surface area contributed by atoms with Crippen LogP contribution in [-0.4, -0.2) is 17.6 Å². The molecule has 5 heteroatoms. The van der Waals surface area contributed by atoms with Gasteiger partial charge in [0.05, 0.1) is 10.7 Å². The molecule has 3 nitrogen and oxygen atoms in total. The van der Waals surface area contributed by atoms with E-state index in [9.17, 15) is 4.39 Å². The van der Waals surface area contributed by atoms with Gasteiger partial charge in [-0.05, 0) is 53.9 Å². The summed E-state index contributed by atoms with van der Waals surface area (Å²) in [5, 5.41) is 3.46. The molecule has 106 valence electrons. The van der Waals surface area contributed by atoms with Gasteiger partial charge in [-0.2, -0.15) is 0 Å². The van der Waals surface area contributed by atoms with Crippen molar-refractivity contribution in [1.82, 2.24) is 10.3 Å². The highest BCUT2D eigenvalue weighted by Gasteiger charge is 2.19. The van der Waals surface area contributed by atoms with Gasteiger partial charge in [0.1, 0.15) is 5.82 Å². The molecule has 0 spiro atoms. The summed E-state index contributed by atoms with van der Waals surface area (Å²) in [6, 6.07) is 5.62. The van der Waals surface area contributed by atoms with Crippen LogP contribution in [0.5, 0.6) is 0 Å². The van der Waals surface area contributed by atoms with E-state index in [0.717, 1.165) is 25.4 Å². The molecule has 1 aromatic heterocycles. The first-order chi connectivity index (χ1) is 9.74. The average Bonchev–Trinajstić information content (AvgIpc) is 3.15. The average molecular weight is 339 g/mol. The number of halogens is 2. The highest BCUT2D eigenvalue weighted by molar-refractivity contribution is 9.10. The van der Waals surface area contributed by atoms with Gasteiger partial charge >= 0.3 is 0 Å². The number of rotatable bonds is 6. The molecule has 0 unspecified atom stereocenters. The van der Waals surface area contributed by atoms with Crippen molar-refractivity contribution in [3.05, 3.63) is 40.6 Å². The Balaban J connectivity index is 1.62. The van der Waals surface area contributed by atoms with Crippen LogP contribution in [0.25, 0.3) is 11.3 Å². The molecular formula is C15H16BrFN2O. The Labute approximate surface area is 125 Å². The van der Waals surface area contributed by atoms with Gasteiger partial charge in [0.25, 0.3) is 0 Å². The Morgan fingerprint density at radius 1 is 1.40 bits per heavy atom. The van der Waals surface area contributed by atoms with Crippen LogP contribution < -0.4 is 5.32 Å². The maximum atomic E-state index is 13.5. The van der Waals surface area contributed by atoms with Gasteiger partial charge in [0.15, 0.2) is 11.7 Å². The minimum absolute atomic E-state index is 0.297. The monoisotopic (exact) mass is 338 g/mol. The number of aromatic nitrogens is 1. The predicted octanol–water partition coefficient (Wildman–Crippen LogP) is 3.93. The minimum Gasteiger partial charge on any atom is -0.441 e. The minimum atomic E-state index is -0.297. The van der Waals surface area contributed by atoms with E-state index in [0.29, 0.717) is 21.7 Å². The summed E-state index contributed by atoms with van der Waals surface area (Å²) in [6.45, 7) is 0.992. The molecule has 1 aromatic carbocycles. The number of hydrogen-bond acceptors (Lipinski definition) is 3. The summed E-state index contributed by atoms with van der Waals surface area (Å²) < 4.78 is 19.6. The number of benzene rings is 1. The van der Waals surface area contributed by atoms with E-state index >= 15 is 0 Å². The van der Waals surface area contributed by atoms with E-state index in [2.05, 4.69) is 26.2 Å². The second kappa shape index (κ2) is 6.06. The molecule has 2 aromatic rings. The number of nitrogens with one attached hydrogen (secondary N) is 1. The van der Waals surface area contributed by atoms with E-state index in [1.807, 2.05) is 6.07 Å². The van der Waals surface area contributed by atoms with Gasteiger partial charge in [0, 0.05) is 18.0 Å². The van der Waals surface area contributed by atoms with Crippen molar-refractivity contribution >= 4 is 15.9 Å². The third kappa shape index (κ3) is 3.27. The van der Waals surface area contributed by atoms with E-state index in [1.165, 1.54) is 18.9 Å². The lowest BCUT2D eigenvalue weighted by molar-refractivity contribution is 0.490. The van der Waals surface area contributed by atoms with Crippen molar-refractivity contribution in [3.63, 3.8) is 0 Å². The van der Waals surface area contributed by atoms with Crippen LogP contribution >= 0.6 is 15.9 Å². The standard InChI is InChI=1S/C15H16BrFN2O/c16-15-11(3-1-4-12(15)17)13-9-19-14(20-13)5-2-8-18-10-6-7-10/h1,3-4,9-10,18H,2,5-8H2. The fourth-order valence-electron chi connectivity index (χ4n) is 2.08. The van der Waals surface area contributed by atoms with Crippen LogP contribution in [0.15, 0.2) is 33.3 Å². The zero-order valence-electron chi connectivity index (χ0n) is 11.0. The molecule has 1 fully saturated rings. The molecule has 1 heterocycles. The molecule has 1 aliphatic rings. The zero-order valence-corrected chi connectivity index (χ0v) is 12.6. The SMILES string of the molecule is Fc1cccc(-c2cnc(CCCNC3CC3)o2)c1Br. The van der Waals surface area contributed by atoms with Crippen LogP contribution in [0.2, 0.25) is 0 Å². The third-order valence-electron chi connectivity index (χ3n) is 3.35. The zero-order chi connectivity index (χ0) is 13.9. The molecule has 0 atom stereocenters. The number of aryl methyl sites for hydroxylation is 1. The molecule has 0 radical (unpaired) electrons. The van der Waals surface area contributed by atoms with Gasteiger partial charge in [0.2, 0.25) is 0 Å². The van der Waals surface area contributed by atoms with Crippen LogP contribution in [0.4, 0.5) is 4.39 Å². The highest BCUT2D eigenvalue weighted by Crippen LogP contribution is 2.30. The fraction of sp³-hybridized carbons (Fsp3) is 0.400. The molecule has 1 saturated carbocycles. The van der Waals surface area contributed by atoms with E-state index < -0.39 is 0 Å². The normalized spacial score (nSPS) is 14.7. The van der Waals surface area contributed by atoms with Crippen molar-refractivity contribution in [2.45, 2.75) is 31.7 Å². The van der Waals surface area contributed by atoms with Gasteiger partial charge < -0.3 is 9.73 Å². The lowest BCUT2D eigenvalue weighted by Gasteiger charge is -2.01. The Kier molecular flexibility index (Phi) is 4.17. The van der Waals surface area contributed by atoms with Crippen molar-refractivity contribution in [1.29, 1.82) is 0 Å². The smallest absolute Gasteiger partial charge is 0.194 e. The fourth-order valence-corrected chi connectivity index (χ4v) is 2.54. The summed E-state index contributed by atoms with van der Waals surface area (Å²) in [4.78, 5) is 4.26. The lowest BCUT2D eigenvalue weighted by atomic mass is 10.2. The maximum Gasteiger partial charge on any atom is 0.194 e. The molecule has 0 amide bonds. The summed E-state index contributed by atoms with van der Waals surface area (Å²) in [6.07, 6.45) is 6.06. The van der Waals surface area contributed by atoms with Crippen molar-refractivity contribution < 1.29 is 8.81 Å². The maximum absolute atomic E-state index is 13.5. The second-order valence-corrected chi connectivity index (χ2v) is 5.84. The molecular weight excluding hydrogens is 323 g/mol. The highest BCUT2D eigenvalue weighted by atomic mass is 79.9. The number of hydrogen-bond donors (Lipinski definition) is 1. The van der Waals surface area contributed by atoms with Crippen molar-refractivity contribution in [2.24, 2.45) is 0 Å². The van der Waals surface area contributed by atoms with Crippen molar-refractivity contribution in [3.8, 4) is 11.3 Å². The first kappa shape index (κ1) is 13.8. The molecule has 1 N–H and O–H groups in total. The van der Waals surface area contributed by atoms with E-state index in [4.69, 9.17) is 4.42 Å². The molecule has 20 heavy (non-hydrogen) atoms. The predicted molar refractivity (Wildman–Crippen MR) is 78.9 cm³/mol. The Morgan fingerprint density at radius 3 is 3.05 bits per heavy atom. The second-order valence-electron chi connectivity index (χ2n) is 5.05. The Hall–Kier alpha value is -1.20. The van der Waals surface area contributed by atoms with E-state index in [1.54, 1.807) is 12.3 Å². The summed E-state index contributed by atoms with van der Waals surface area (Å²) in [7, 11) is 0. The van der Waals surface area contributed by atoms with Crippen LogP contribution in [-0.2, 0) is 6.42 Å². The van der Waals surface area contributed by atoms with Gasteiger partial charge in [-0.1, -0.05) is 6.07 Å². The van der Waals surface area contributed by atoms with Crippen molar-refractivity contribution in [2.75, 3.05) is 6.54 Å². The van der Waals surface area contributed by atoms with Crippen LogP contribution in [0.3, 0.4) is 0 Å².